The highest BCUT2D eigenvalue weighted by Crippen LogP contribution is 2.37. The van der Waals surface area contributed by atoms with E-state index in [-0.39, 0.29) is 28.5 Å². The van der Waals surface area contributed by atoms with Gasteiger partial charge in [-0.05, 0) is 35.9 Å². The lowest BCUT2D eigenvalue weighted by molar-refractivity contribution is 0.0771. The van der Waals surface area contributed by atoms with Crippen molar-refractivity contribution >= 4 is 28.5 Å². The van der Waals surface area contributed by atoms with Gasteiger partial charge in [-0.2, -0.15) is 0 Å². The molecule has 1 aliphatic rings. The van der Waals surface area contributed by atoms with Crippen molar-refractivity contribution in [2.75, 3.05) is 7.05 Å². The zero-order chi connectivity index (χ0) is 17.0. The van der Waals surface area contributed by atoms with Crippen molar-refractivity contribution in [2.24, 2.45) is 0 Å². The number of benzene rings is 2. The van der Waals surface area contributed by atoms with Gasteiger partial charge in [0.2, 0.25) is 5.76 Å². The third kappa shape index (κ3) is 2.05. The Bertz CT molecular complexity index is 1040. The molecule has 2 heterocycles. The second-order valence-electron chi connectivity index (χ2n) is 5.68. The standard InChI is InChI=1S/C18H11ClFNO3/c1-21-15(9-2-5-11(20)6-3-9)14-16(22)12-8-10(19)4-7-13(12)24-17(14)18(21)23/h2-8,15H,1H3/t15-/m1/s1. The van der Waals surface area contributed by atoms with E-state index in [4.69, 9.17) is 16.0 Å². The smallest absolute Gasteiger partial charge is 0.290 e. The Morgan fingerprint density at radius 2 is 1.83 bits per heavy atom. The molecule has 6 heteroatoms. The van der Waals surface area contributed by atoms with Crippen molar-refractivity contribution in [1.82, 2.24) is 4.90 Å². The van der Waals surface area contributed by atoms with Gasteiger partial charge in [0.1, 0.15) is 11.4 Å². The molecule has 1 atom stereocenters. The SMILES string of the molecule is CN1C(=O)c2oc3ccc(Cl)cc3c(=O)c2[C@H]1c1ccc(F)cc1. The number of amides is 1. The normalized spacial score (nSPS) is 16.7. The molecule has 4 nitrogen and oxygen atoms in total. The maximum atomic E-state index is 13.2. The lowest BCUT2D eigenvalue weighted by atomic mass is 9.99. The number of nitrogens with zero attached hydrogens (tertiary/aromatic N) is 1. The van der Waals surface area contributed by atoms with E-state index in [1.165, 1.54) is 23.1 Å². The van der Waals surface area contributed by atoms with Gasteiger partial charge >= 0.3 is 0 Å². The van der Waals surface area contributed by atoms with E-state index in [1.807, 2.05) is 0 Å². The van der Waals surface area contributed by atoms with Gasteiger partial charge < -0.3 is 9.32 Å². The Morgan fingerprint density at radius 3 is 2.54 bits per heavy atom. The molecule has 0 aliphatic carbocycles. The number of halogens is 2. The van der Waals surface area contributed by atoms with E-state index in [0.717, 1.165) is 0 Å². The molecule has 4 rings (SSSR count). The quantitative estimate of drug-likeness (QED) is 0.676. The molecule has 0 saturated carbocycles. The summed E-state index contributed by atoms with van der Waals surface area (Å²) in [7, 11) is 1.59. The maximum absolute atomic E-state index is 13.2. The summed E-state index contributed by atoms with van der Waals surface area (Å²) in [6.45, 7) is 0. The summed E-state index contributed by atoms with van der Waals surface area (Å²) >= 11 is 5.97. The van der Waals surface area contributed by atoms with E-state index in [2.05, 4.69) is 0 Å². The van der Waals surface area contributed by atoms with E-state index < -0.39 is 6.04 Å². The van der Waals surface area contributed by atoms with E-state index in [1.54, 1.807) is 31.3 Å². The predicted molar refractivity (Wildman–Crippen MR) is 87.8 cm³/mol. The minimum Gasteiger partial charge on any atom is -0.450 e. The molecule has 0 unspecified atom stereocenters. The van der Waals surface area contributed by atoms with Gasteiger partial charge in [0.25, 0.3) is 5.91 Å². The molecule has 24 heavy (non-hydrogen) atoms. The first-order chi connectivity index (χ1) is 11.5. The number of carbonyl (C=O) groups is 1. The highest BCUT2D eigenvalue weighted by atomic mass is 35.5. The number of rotatable bonds is 1. The van der Waals surface area contributed by atoms with Crippen LogP contribution in [0, 0.1) is 5.82 Å². The minimum absolute atomic E-state index is 0.0200. The minimum atomic E-state index is -0.618. The number of fused-ring (bicyclic) bond motifs is 2. The molecule has 0 saturated heterocycles. The molecule has 1 aromatic heterocycles. The van der Waals surface area contributed by atoms with Crippen molar-refractivity contribution in [3.63, 3.8) is 0 Å². The molecule has 0 radical (unpaired) electrons. The number of hydrogen-bond donors (Lipinski definition) is 0. The van der Waals surface area contributed by atoms with Gasteiger partial charge in [-0.1, -0.05) is 23.7 Å². The van der Waals surface area contributed by atoms with E-state index in [9.17, 15) is 14.0 Å². The van der Waals surface area contributed by atoms with Crippen LogP contribution in [0.25, 0.3) is 11.0 Å². The average molecular weight is 344 g/mol. The average Bonchev–Trinajstić information content (AvgIpc) is 2.82. The molecule has 120 valence electrons. The second kappa shape index (κ2) is 5.18. The molecular weight excluding hydrogens is 333 g/mol. The summed E-state index contributed by atoms with van der Waals surface area (Å²) < 4.78 is 18.9. The van der Waals surface area contributed by atoms with Crippen molar-refractivity contribution in [1.29, 1.82) is 0 Å². The summed E-state index contributed by atoms with van der Waals surface area (Å²) in [6.07, 6.45) is 0. The van der Waals surface area contributed by atoms with Gasteiger partial charge in [-0.25, -0.2) is 4.39 Å². The summed E-state index contributed by atoms with van der Waals surface area (Å²) in [6, 6.07) is 9.77. The van der Waals surface area contributed by atoms with Gasteiger partial charge in [-0.15, -0.1) is 0 Å². The van der Waals surface area contributed by atoms with Crippen LogP contribution in [0.1, 0.15) is 27.7 Å². The molecule has 0 N–H and O–H groups in total. The summed E-state index contributed by atoms with van der Waals surface area (Å²) in [5.41, 5.74) is 0.897. The van der Waals surface area contributed by atoms with Crippen LogP contribution < -0.4 is 5.43 Å². The predicted octanol–water partition coefficient (Wildman–Crippen LogP) is 3.76. The van der Waals surface area contributed by atoms with Crippen molar-refractivity contribution in [3.8, 4) is 0 Å². The zero-order valence-electron chi connectivity index (χ0n) is 12.5. The summed E-state index contributed by atoms with van der Waals surface area (Å²) in [5, 5.41) is 0.724. The van der Waals surface area contributed by atoms with Gasteiger partial charge in [0.05, 0.1) is 17.0 Å². The fourth-order valence-corrected chi connectivity index (χ4v) is 3.27. The molecule has 0 spiro atoms. The highest BCUT2D eigenvalue weighted by molar-refractivity contribution is 6.31. The fraction of sp³-hybridized carbons (Fsp3) is 0.111. The Labute approximate surface area is 141 Å². The third-order valence-electron chi connectivity index (χ3n) is 4.25. The Hall–Kier alpha value is -2.66. The topological polar surface area (TPSA) is 50.5 Å². The zero-order valence-corrected chi connectivity index (χ0v) is 13.3. The van der Waals surface area contributed by atoms with Crippen LogP contribution in [-0.4, -0.2) is 17.9 Å². The lowest BCUT2D eigenvalue weighted by Gasteiger charge is -2.20. The first-order valence-corrected chi connectivity index (χ1v) is 7.64. The van der Waals surface area contributed by atoms with Crippen LogP contribution in [0.3, 0.4) is 0 Å². The van der Waals surface area contributed by atoms with Crippen LogP contribution in [0.4, 0.5) is 4.39 Å². The number of carbonyl (C=O) groups excluding carboxylic acids is 1. The Morgan fingerprint density at radius 1 is 1.12 bits per heavy atom. The molecular formula is C18H11ClFNO3. The molecule has 0 fully saturated rings. The van der Waals surface area contributed by atoms with Crippen LogP contribution >= 0.6 is 11.6 Å². The lowest BCUT2D eigenvalue weighted by Crippen LogP contribution is -2.25. The van der Waals surface area contributed by atoms with Crippen LogP contribution in [0.5, 0.6) is 0 Å². The van der Waals surface area contributed by atoms with Crippen molar-refractivity contribution in [3.05, 3.63) is 80.4 Å². The molecule has 3 aromatic rings. The Balaban J connectivity index is 2.03. The molecule has 2 aromatic carbocycles. The fourth-order valence-electron chi connectivity index (χ4n) is 3.10. The van der Waals surface area contributed by atoms with E-state index in [0.29, 0.717) is 21.6 Å². The Kier molecular flexibility index (Phi) is 3.21. The maximum Gasteiger partial charge on any atom is 0.290 e. The third-order valence-corrected chi connectivity index (χ3v) is 4.48. The van der Waals surface area contributed by atoms with Gasteiger partial charge in [0, 0.05) is 12.1 Å². The van der Waals surface area contributed by atoms with Crippen molar-refractivity contribution in [2.45, 2.75) is 6.04 Å². The largest absolute Gasteiger partial charge is 0.450 e. The molecule has 1 aliphatic heterocycles. The summed E-state index contributed by atoms with van der Waals surface area (Å²) in [5.74, 6) is -0.747. The van der Waals surface area contributed by atoms with Crippen LogP contribution in [-0.2, 0) is 0 Å². The van der Waals surface area contributed by atoms with Gasteiger partial charge in [-0.3, -0.25) is 9.59 Å². The van der Waals surface area contributed by atoms with E-state index >= 15 is 0 Å². The molecule has 1 amide bonds. The van der Waals surface area contributed by atoms with Crippen molar-refractivity contribution < 1.29 is 13.6 Å². The van der Waals surface area contributed by atoms with Gasteiger partial charge in [0.15, 0.2) is 5.43 Å². The highest BCUT2D eigenvalue weighted by Gasteiger charge is 2.40. The first-order valence-electron chi connectivity index (χ1n) is 7.26. The number of hydrogen-bond acceptors (Lipinski definition) is 3. The monoisotopic (exact) mass is 343 g/mol. The summed E-state index contributed by atoms with van der Waals surface area (Å²) in [4.78, 5) is 26.9. The second-order valence-corrected chi connectivity index (χ2v) is 6.12. The van der Waals surface area contributed by atoms with Crippen LogP contribution in [0.2, 0.25) is 5.02 Å². The molecule has 0 bridgehead atoms. The first kappa shape index (κ1) is 14.9. The van der Waals surface area contributed by atoms with Crippen LogP contribution in [0.15, 0.2) is 51.7 Å².